The largest absolute Gasteiger partial charge is 0.436 e. The Morgan fingerprint density at radius 3 is 3.00 bits per heavy atom. The van der Waals surface area contributed by atoms with Crippen molar-refractivity contribution in [1.82, 2.24) is 9.97 Å². The van der Waals surface area contributed by atoms with Gasteiger partial charge >= 0.3 is 6.01 Å². The van der Waals surface area contributed by atoms with Crippen molar-refractivity contribution in [3.8, 4) is 6.01 Å². The standard InChI is InChI=1S/C9H8N2O2/c12-6-13-9-10-5-7-3-1-2-4-8(7)11-9/h1-5,12H,6H2. The third-order valence-corrected chi connectivity index (χ3v) is 1.66. The second-order valence-electron chi connectivity index (χ2n) is 2.48. The van der Waals surface area contributed by atoms with Crippen molar-refractivity contribution in [3.63, 3.8) is 0 Å². The van der Waals surface area contributed by atoms with Crippen molar-refractivity contribution in [3.05, 3.63) is 30.5 Å². The molecule has 0 aliphatic rings. The van der Waals surface area contributed by atoms with Crippen LogP contribution in [-0.4, -0.2) is 21.9 Å². The SMILES string of the molecule is OCOc1ncc2ccccc2n1. The van der Waals surface area contributed by atoms with Crippen LogP contribution in [0.2, 0.25) is 0 Å². The minimum Gasteiger partial charge on any atom is -0.436 e. The normalized spacial score (nSPS) is 10.2. The summed E-state index contributed by atoms with van der Waals surface area (Å²) in [4.78, 5) is 7.97. The highest BCUT2D eigenvalue weighted by Gasteiger charge is 1.98. The van der Waals surface area contributed by atoms with Crippen molar-refractivity contribution >= 4 is 10.9 Å². The van der Waals surface area contributed by atoms with Crippen molar-refractivity contribution in [2.45, 2.75) is 0 Å². The molecule has 1 aromatic carbocycles. The fourth-order valence-corrected chi connectivity index (χ4v) is 1.08. The number of ether oxygens (including phenoxy) is 1. The maximum atomic E-state index is 8.49. The predicted molar refractivity (Wildman–Crippen MR) is 47.3 cm³/mol. The number of para-hydroxylation sites is 1. The molecular formula is C9H8N2O2. The van der Waals surface area contributed by atoms with E-state index in [2.05, 4.69) is 9.97 Å². The van der Waals surface area contributed by atoms with Crippen LogP contribution in [-0.2, 0) is 0 Å². The van der Waals surface area contributed by atoms with Crippen LogP contribution in [0.1, 0.15) is 0 Å². The number of hydrogen-bond acceptors (Lipinski definition) is 4. The van der Waals surface area contributed by atoms with Crippen LogP contribution < -0.4 is 4.74 Å². The quantitative estimate of drug-likeness (QED) is 0.692. The van der Waals surface area contributed by atoms with Gasteiger partial charge in [0.15, 0.2) is 6.79 Å². The number of fused-ring (bicyclic) bond motifs is 1. The van der Waals surface area contributed by atoms with Gasteiger partial charge in [-0.3, -0.25) is 0 Å². The summed E-state index contributed by atoms with van der Waals surface area (Å²) in [6.07, 6.45) is 1.66. The predicted octanol–water partition coefficient (Wildman–Crippen LogP) is 0.958. The first kappa shape index (κ1) is 7.94. The minimum absolute atomic E-state index is 0.196. The maximum absolute atomic E-state index is 8.49. The summed E-state index contributed by atoms with van der Waals surface area (Å²) in [6.45, 7) is -0.404. The molecule has 0 bridgehead atoms. The van der Waals surface area contributed by atoms with Crippen LogP contribution in [0.4, 0.5) is 0 Å². The molecule has 0 amide bonds. The highest BCUT2D eigenvalue weighted by atomic mass is 16.6. The molecule has 0 aliphatic carbocycles. The van der Waals surface area contributed by atoms with Gasteiger partial charge in [0.25, 0.3) is 0 Å². The molecule has 66 valence electrons. The van der Waals surface area contributed by atoms with Gasteiger partial charge in [0.2, 0.25) is 0 Å². The van der Waals surface area contributed by atoms with E-state index in [9.17, 15) is 0 Å². The van der Waals surface area contributed by atoms with Crippen LogP contribution in [0.5, 0.6) is 6.01 Å². The monoisotopic (exact) mass is 176 g/mol. The van der Waals surface area contributed by atoms with E-state index in [1.807, 2.05) is 24.3 Å². The van der Waals surface area contributed by atoms with E-state index in [4.69, 9.17) is 9.84 Å². The third kappa shape index (κ3) is 1.57. The fourth-order valence-electron chi connectivity index (χ4n) is 1.08. The molecule has 0 unspecified atom stereocenters. The number of aliphatic hydroxyl groups is 1. The van der Waals surface area contributed by atoms with Gasteiger partial charge in [-0.25, -0.2) is 4.98 Å². The average Bonchev–Trinajstić information content (AvgIpc) is 2.18. The van der Waals surface area contributed by atoms with Crippen molar-refractivity contribution in [1.29, 1.82) is 0 Å². The van der Waals surface area contributed by atoms with Crippen LogP contribution in [0.25, 0.3) is 10.9 Å². The Morgan fingerprint density at radius 1 is 1.31 bits per heavy atom. The molecule has 0 radical (unpaired) electrons. The lowest BCUT2D eigenvalue weighted by atomic mass is 10.2. The van der Waals surface area contributed by atoms with E-state index in [-0.39, 0.29) is 6.01 Å². The number of rotatable bonds is 2. The second-order valence-corrected chi connectivity index (χ2v) is 2.48. The van der Waals surface area contributed by atoms with Gasteiger partial charge in [-0.05, 0) is 6.07 Å². The van der Waals surface area contributed by atoms with Crippen molar-refractivity contribution < 1.29 is 9.84 Å². The van der Waals surface area contributed by atoms with Crippen LogP contribution in [0.15, 0.2) is 30.5 Å². The fraction of sp³-hybridized carbons (Fsp3) is 0.111. The van der Waals surface area contributed by atoms with Gasteiger partial charge in [-0.15, -0.1) is 0 Å². The molecule has 0 atom stereocenters. The number of nitrogens with zero attached hydrogens (tertiary/aromatic N) is 2. The van der Waals surface area contributed by atoms with Crippen LogP contribution >= 0.6 is 0 Å². The van der Waals surface area contributed by atoms with E-state index in [1.165, 1.54) is 0 Å². The minimum atomic E-state index is -0.404. The molecule has 4 heteroatoms. The average molecular weight is 176 g/mol. The highest BCUT2D eigenvalue weighted by Crippen LogP contribution is 2.12. The molecule has 1 N–H and O–H groups in total. The summed E-state index contributed by atoms with van der Waals surface area (Å²) < 4.78 is 4.75. The molecule has 1 aromatic heterocycles. The van der Waals surface area contributed by atoms with E-state index in [1.54, 1.807) is 6.20 Å². The zero-order chi connectivity index (χ0) is 9.10. The zero-order valence-electron chi connectivity index (χ0n) is 6.84. The van der Waals surface area contributed by atoms with E-state index >= 15 is 0 Å². The van der Waals surface area contributed by atoms with Gasteiger partial charge < -0.3 is 9.84 Å². The van der Waals surface area contributed by atoms with E-state index in [0.717, 1.165) is 10.9 Å². The van der Waals surface area contributed by atoms with Gasteiger partial charge in [-0.1, -0.05) is 18.2 Å². The number of hydrogen-bond donors (Lipinski definition) is 1. The molecule has 2 aromatic rings. The highest BCUT2D eigenvalue weighted by molar-refractivity contribution is 5.77. The van der Waals surface area contributed by atoms with Crippen molar-refractivity contribution in [2.75, 3.05) is 6.79 Å². The topological polar surface area (TPSA) is 55.2 Å². The van der Waals surface area contributed by atoms with Crippen molar-refractivity contribution in [2.24, 2.45) is 0 Å². The Bertz CT molecular complexity index is 417. The lowest BCUT2D eigenvalue weighted by molar-refractivity contribution is 0.0897. The number of benzene rings is 1. The smallest absolute Gasteiger partial charge is 0.319 e. The Balaban J connectivity index is 2.49. The molecule has 0 fully saturated rings. The molecule has 2 rings (SSSR count). The molecule has 0 saturated heterocycles. The number of aromatic nitrogens is 2. The Morgan fingerprint density at radius 2 is 2.15 bits per heavy atom. The summed E-state index contributed by atoms with van der Waals surface area (Å²) in [5, 5.41) is 9.44. The lowest BCUT2D eigenvalue weighted by Gasteiger charge is -2.00. The van der Waals surface area contributed by atoms with Crippen LogP contribution in [0, 0.1) is 0 Å². The summed E-state index contributed by atoms with van der Waals surface area (Å²) in [5.41, 5.74) is 0.806. The van der Waals surface area contributed by atoms with Crippen LogP contribution in [0.3, 0.4) is 0 Å². The second kappa shape index (κ2) is 3.37. The first-order valence-corrected chi connectivity index (χ1v) is 3.85. The molecule has 4 nitrogen and oxygen atoms in total. The molecular weight excluding hydrogens is 168 g/mol. The Labute approximate surface area is 74.8 Å². The van der Waals surface area contributed by atoms with Gasteiger partial charge in [0.05, 0.1) is 5.52 Å². The maximum Gasteiger partial charge on any atom is 0.319 e. The summed E-state index contributed by atoms with van der Waals surface area (Å²) >= 11 is 0. The Kier molecular flexibility index (Phi) is 2.06. The summed E-state index contributed by atoms with van der Waals surface area (Å²) in [7, 11) is 0. The lowest BCUT2D eigenvalue weighted by Crippen LogP contribution is -1.99. The summed E-state index contributed by atoms with van der Waals surface area (Å²) in [5.74, 6) is 0. The van der Waals surface area contributed by atoms with E-state index in [0.29, 0.717) is 0 Å². The molecule has 13 heavy (non-hydrogen) atoms. The Hall–Kier alpha value is -1.68. The van der Waals surface area contributed by atoms with Gasteiger partial charge in [0.1, 0.15) is 0 Å². The molecule has 0 aliphatic heterocycles. The van der Waals surface area contributed by atoms with Gasteiger partial charge in [-0.2, -0.15) is 4.98 Å². The van der Waals surface area contributed by atoms with Gasteiger partial charge in [0, 0.05) is 11.6 Å². The number of aliphatic hydroxyl groups excluding tert-OH is 1. The third-order valence-electron chi connectivity index (χ3n) is 1.66. The molecule has 1 heterocycles. The first-order chi connectivity index (χ1) is 6.40. The molecule has 0 saturated carbocycles. The molecule has 0 spiro atoms. The summed E-state index contributed by atoms with van der Waals surface area (Å²) in [6, 6.07) is 7.77. The first-order valence-electron chi connectivity index (χ1n) is 3.85. The zero-order valence-corrected chi connectivity index (χ0v) is 6.84. The van der Waals surface area contributed by atoms with E-state index < -0.39 is 6.79 Å².